The summed E-state index contributed by atoms with van der Waals surface area (Å²) < 4.78 is 0.204. The van der Waals surface area contributed by atoms with Crippen molar-refractivity contribution in [1.82, 2.24) is 19.9 Å². The number of carbonyl (C=O) groups is 1. The number of hydrogen-bond donors (Lipinski definition) is 2. The number of anilines is 1. The third kappa shape index (κ3) is 3.72. The maximum atomic E-state index is 12.3. The van der Waals surface area contributed by atoms with Crippen LogP contribution in [0, 0.1) is 5.41 Å². The van der Waals surface area contributed by atoms with Gasteiger partial charge in [0.15, 0.2) is 11.2 Å². The van der Waals surface area contributed by atoms with E-state index in [1.54, 1.807) is 27.0 Å². The van der Waals surface area contributed by atoms with Crippen LogP contribution in [0.15, 0.2) is 11.0 Å². The lowest BCUT2D eigenvalue weighted by Gasteiger charge is -2.20. The molecule has 2 aromatic heterocycles. The second-order valence-corrected chi connectivity index (χ2v) is 9.24. The molecular formula is C15H19N5O2S2. The molecule has 2 aromatic rings. The van der Waals surface area contributed by atoms with Gasteiger partial charge in [-0.05, 0) is 17.9 Å². The molecule has 1 fully saturated rings. The van der Waals surface area contributed by atoms with E-state index in [1.807, 2.05) is 23.5 Å². The van der Waals surface area contributed by atoms with E-state index in [4.69, 9.17) is 0 Å². The van der Waals surface area contributed by atoms with Gasteiger partial charge >= 0.3 is 0 Å². The summed E-state index contributed by atoms with van der Waals surface area (Å²) in [5.74, 6) is 2.04. The smallest absolute Gasteiger partial charge is 0.280 e. The molecule has 1 aliphatic heterocycles. The highest BCUT2D eigenvalue weighted by Gasteiger charge is 2.23. The average molecular weight is 365 g/mol. The predicted octanol–water partition coefficient (Wildman–Crippen LogP) is 2.57. The molecule has 1 saturated heterocycles. The number of aromatic amines is 1. The van der Waals surface area contributed by atoms with E-state index < -0.39 is 11.0 Å². The zero-order chi connectivity index (χ0) is 17.3. The summed E-state index contributed by atoms with van der Waals surface area (Å²) in [6, 6.07) is 0. The number of hydrogen-bond acceptors (Lipinski definition) is 7. The van der Waals surface area contributed by atoms with Crippen LogP contribution in [0.1, 0.15) is 37.5 Å². The van der Waals surface area contributed by atoms with Gasteiger partial charge < -0.3 is 0 Å². The van der Waals surface area contributed by atoms with Crippen LogP contribution in [0.4, 0.5) is 5.95 Å². The van der Waals surface area contributed by atoms with Crippen molar-refractivity contribution in [2.75, 3.05) is 16.8 Å². The first kappa shape index (κ1) is 17.2. The first-order chi connectivity index (χ1) is 11.3. The Morgan fingerprint density at radius 2 is 2.00 bits per heavy atom. The Kier molecular flexibility index (Phi) is 4.82. The van der Waals surface area contributed by atoms with Gasteiger partial charge in [0.1, 0.15) is 0 Å². The Bertz CT molecular complexity index is 825. The van der Waals surface area contributed by atoms with Crippen LogP contribution in [0.5, 0.6) is 0 Å². The minimum atomic E-state index is -0.585. The Morgan fingerprint density at radius 1 is 1.29 bits per heavy atom. The van der Waals surface area contributed by atoms with Crippen molar-refractivity contribution in [1.29, 1.82) is 0 Å². The molecule has 3 heterocycles. The fourth-order valence-corrected chi connectivity index (χ4v) is 4.82. The van der Waals surface area contributed by atoms with E-state index in [-0.39, 0.29) is 27.6 Å². The lowest BCUT2D eigenvalue weighted by Crippen LogP contribution is -2.29. The molecule has 0 aromatic carbocycles. The number of carbonyl (C=O) groups excluding carboxylic acids is 1. The average Bonchev–Trinajstić information content (AvgIpc) is 2.54. The van der Waals surface area contributed by atoms with Crippen LogP contribution in [-0.4, -0.2) is 37.3 Å². The number of amides is 1. The minimum absolute atomic E-state index is 0.0934. The van der Waals surface area contributed by atoms with E-state index in [0.29, 0.717) is 0 Å². The summed E-state index contributed by atoms with van der Waals surface area (Å²) in [5.41, 5.74) is 0.240. The molecule has 0 radical (unpaired) electrons. The minimum Gasteiger partial charge on any atom is -0.296 e. The second-order valence-electron chi connectivity index (χ2n) is 6.51. The number of aromatic nitrogens is 4. The molecule has 2 N–H and O–H groups in total. The van der Waals surface area contributed by atoms with Crippen LogP contribution in [0.3, 0.4) is 0 Å². The number of nitrogens with one attached hydrogen (secondary N) is 2. The molecule has 0 atom stereocenters. The van der Waals surface area contributed by atoms with Gasteiger partial charge in [0.2, 0.25) is 11.9 Å². The van der Waals surface area contributed by atoms with Gasteiger partial charge in [-0.1, -0.05) is 20.8 Å². The maximum absolute atomic E-state index is 12.3. The Morgan fingerprint density at radius 3 is 2.67 bits per heavy atom. The van der Waals surface area contributed by atoms with E-state index in [0.717, 1.165) is 17.2 Å². The molecule has 7 nitrogen and oxygen atoms in total. The lowest BCUT2D eigenvalue weighted by molar-refractivity contribution is -0.123. The summed E-state index contributed by atoms with van der Waals surface area (Å²) in [4.78, 5) is 39.8. The third-order valence-electron chi connectivity index (χ3n) is 3.42. The Hall–Kier alpha value is -1.61. The predicted molar refractivity (Wildman–Crippen MR) is 98.3 cm³/mol. The molecule has 0 bridgehead atoms. The topological polar surface area (TPSA) is 101 Å². The zero-order valence-electron chi connectivity index (χ0n) is 13.8. The monoisotopic (exact) mass is 365 g/mol. The van der Waals surface area contributed by atoms with Gasteiger partial charge in [0, 0.05) is 5.41 Å². The van der Waals surface area contributed by atoms with Gasteiger partial charge in [0.05, 0.1) is 16.5 Å². The molecule has 3 rings (SSSR count). The number of fused-ring (bicyclic) bond motifs is 1. The lowest BCUT2D eigenvalue weighted by atomic mass is 9.96. The summed E-state index contributed by atoms with van der Waals surface area (Å²) in [6.45, 7) is 5.35. The zero-order valence-corrected chi connectivity index (χ0v) is 15.4. The highest BCUT2D eigenvalue weighted by atomic mass is 32.2. The summed E-state index contributed by atoms with van der Waals surface area (Å²) in [7, 11) is 0. The molecule has 0 aliphatic carbocycles. The Labute approximate surface area is 147 Å². The standard InChI is InChI=1S/C15H19N5O2S2/c1-15(2,3)13(22)20-14-18-10-9(11(21)19-14)17-8(7-16-10)12-23-5-4-6-24-12/h7,12H,4-6H2,1-3H3,(H2,16,18,19,20,21,22). The normalized spacial score (nSPS) is 16.3. The number of rotatable bonds is 2. The molecule has 1 aliphatic rings. The molecule has 1 amide bonds. The van der Waals surface area contributed by atoms with Gasteiger partial charge in [-0.3, -0.25) is 19.9 Å². The van der Waals surface area contributed by atoms with E-state index >= 15 is 0 Å². The molecule has 0 unspecified atom stereocenters. The van der Waals surface area contributed by atoms with Crippen LogP contribution in [0.2, 0.25) is 0 Å². The second kappa shape index (κ2) is 6.72. The molecule has 0 saturated carbocycles. The van der Waals surface area contributed by atoms with Crippen molar-refractivity contribution in [2.45, 2.75) is 31.8 Å². The molecule has 9 heteroatoms. The highest BCUT2D eigenvalue weighted by Crippen LogP contribution is 2.42. The van der Waals surface area contributed by atoms with Crippen LogP contribution in [-0.2, 0) is 4.79 Å². The third-order valence-corrected chi connectivity index (χ3v) is 6.37. The van der Waals surface area contributed by atoms with E-state index in [9.17, 15) is 9.59 Å². The molecule has 0 spiro atoms. The molecule has 128 valence electrons. The van der Waals surface area contributed by atoms with Crippen LogP contribution < -0.4 is 10.9 Å². The van der Waals surface area contributed by atoms with Gasteiger partial charge in [0.25, 0.3) is 5.56 Å². The van der Waals surface area contributed by atoms with Gasteiger partial charge in [-0.15, -0.1) is 23.5 Å². The summed E-state index contributed by atoms with van der Waals surface area (Å²) in [5, 5.41) is 2.61. The van der Waals surface area contributed by atoms with Crippen LogP contribution >= 0.6 is 23.5 Å². The SMILES string of the molecule is CC(C)(C)C(=O)Nc1nc2ncc(C3SCCCS3)nc2c(=O)[nH]1. The Balaban J connectivity index is 1.92. The van der Waals surface area contributed by atoms with Crippen molar-refractivity contribution >= 4 is 46.5 Å². The fraction of sp³-hybridized carbons (Fsp3) is 0.533. The van der Waals surface area contributed by atoms with Crippen LogP contribution in [0.25, 0.3) is 11.2 Å². The summed E-state index contributed by atoms with van der Waals surface area (Å²) >= 11 is 3.63. The van der Waals surface area contributed by atoms with Crippen molar-refractivity contribution in [3.63, 3.8) is 0 Å². The quantitative estimate of drug-likeness (QED) is 0.843. The van der Waals surface area contributed by atoms with E-state index in [2.05, 4.69) is 25.3 Å². The largest absolute Gasteiger partial charge is 0.296 e. The van der Waals surface area contributed by atoms with E-state index in [1.165, 1.54) is 6.42 Å². The van der Waals surface area contributed by atoms with Crippen molar-refractivity contribution in [2.24, 2.45) is 5.41 Å². The first-order valence-electron chi connectivity index (χ1n) is 7.66. The maximum Gasteiger partial charge on any atom is 0.280 e. The number of H-pyrrole nitrogens is 1. The van der Waals surface area contributed by atoms with Crippen molar-refractivity contribution in [3.05, 3.63) is 22.2 Å². The molecular weight excluding hydrogens is 346 g/mol. The van der Waals surface area contributed by atoms with Gasteiger partial charge in [-0.25, -0.2) is 9.97 Å². The fourth-order valence-electron chi connectivity index (χ4n) is 2.06. The summed E-state index contributed by atoms with van der Waals surface area (Å²) in [6.07, 6.45) is 2.85. The van der Waals surface area contributed by atoms with Crippen molar-refractivity contribution < 1.29 is 4.79 Å². The number of thioether (sulfide) groups is 2. The van der Waals surface area contributed by atoms with Gasteiger partial charge in [-0.2, -0.15) is 4.98 Å². The number of nitrogens with zero attached hydrogens (tertiary/aromatic N) is 3. The first-order valence-corrected chi connectivity index (χ1v) is 9.76. The molecule has 24 heavy (non-hydrogen) atoms. The highest BCUT2D eigenvalue weighted by molar-refractivity contribution is 8.16. The van der Waals surface area contributed by atoms with Crippen molar-refractivity contribution in [3.8, 4) is 0 Å².